The third-order valence-electron chi connectivity index (χ3n) is 3.79. The van der Waals surface area contributed by atoms with E-state index in [9.17, 15) is 4.79 Å². The Balaban J connectivity index is 2.22. The highest BCUT2D eigenvalue weighted by Gasteiger charge is 2.44. The normalized spacial score (nSPS) is 17.6. The van der Waals surface area contributed by atoms with Gasteiger partial charge in [-0.3, -0.25) is 0 Å². The van der Waals surface area contributed by atoms with E-state index in [4.69, 9.17) is 10.5 Å². The van der Waals surface area contributed by atoms with Gasteiger partial charge in [-0.1, -0.05) is 6.42 Å². The Labute approximate surface area is 121 Å². The fourth-order valence-corrected chi connectivity index (χ4v) is 3.39. The smallest absolute Gasteiger partial charge is 0.405 e. The summed E-state index contributed by atoms with van der Waals surface area (Å²) < 4.78 is 6.07. The molecule has 1 fully saturated rings. The first-order valence-electron chi connectivity index (χ1n) is 6.44. The van der Waals surface area contributed by atoms with Crippen molar-refractivity contribution in [1.82, 2.24) is 4.98 Å². The minimum absolute atomic E-state index is 0.0738. The van der Waals surface area contributed by atoms with Crippen molar-refractivity contribution in [3.05, 3.63) is 28.5 Å². The van der Waals surface area contributed by atoms with Gasteiger partial charge in [-0.25, -0.2) is 9.78 Å². The fraction of sp³-hybridized carbons (Fsp3) is 0.571. The van der Waals surface area contributed by atoms with Crippen molar-refractivity contribution in [3.8, 4) is 0 Å². The number of ether oxygens (including phenoxy) is 1. The van der Waals surface area contributed by atoms with E-state index in [0.29, 0.717) is 0 Å². The highest BCUT2D eigenvalue weighted by atomic mass is 79.9. The van der Waals surface area contributed by atoms with E-state index in [-0.39, 0.29) is 5.41 Å². The molecule has 19 heavy (non-hydrogen) atoms. The number of nitrogens with zero attached hydrogens (tertiary/aromatic N) is 1. The quantitative estimate of drug-likeness (QED) is 0.861. The molecule has 4 nitrogen and oxygen atoms in total. The SMILES string of the molecule is CC(C)(CC1(c2ccnc(Br)c2)CCC1)OC(N)=O. The van der Waals surface area contributed by atoms with Gasteiger partial charge in [-0.15, -0.1) is 0 Å². The summed E-state index contributed by atoms with van der Waals surface area (Å²) in [5, 5.41) is 0. The third-order valence-corrected chi connectivity index (χ3v) is 4.22. The zero-order chi connectivity index (χ0) is 14.1. The Morgan fingerprint density at radius 1 is 1.58 bits per heavy atom. The molecule has 0 saturated heterocycles. The number of nitrogens with two attached hydrogens (primary N) is 1. The van der Waals surface area contributed by atoms with Crippen LogP contribution in [0.3, 0.4) is 0 Å². The first-order chi connectivity index (χ1) is 8.83. The molecule has 2 N–H and O–H groups in total. The minimum atomic E-state index is -0.713. The van der Waals surface area contributed by atoms with Crippen molar-refractivity contribution in [1.29, 1.82) is 0 Å². The van der Waals surface area contributed by atoms with Gasteiger partial charge in [0.15, 0.2) is 0 Å². The first kappa shape index (κ1) is 14.3. The second-order valence-corrected chi connectivity index (χ2v) is 6.67. The molecule has 2 rings (SSSR count). The zero-order valence-corrected chi connectivity index (χ0v) is 12.9. The lowest BCUT2D eigenvalue weighted by Crippen LogP contribution is -2.44. The molecule has 0 aliphatic heterocycles. The topological polar surface area (TPSA) is 65.2 Å². The maximum Gasteiger partial charge on any atom is 0.405 e. The number of rotatable bonds is 4. The van der Waals surface area contributed by atoms with Gasteiger partial charge in [0.2, 0.25) is 0 Å². The number of pyridine rings is 1. The van der Waals surface area contributed by atoms with Crippen molar-refractivity contribution < 1.29 is 9.53 Å². The van der Waals surface area contributed by atoms with Crippen LogP contribution in [0, 0.1) is 0 Å². The summed E-state index contributed by atoms with van der Waals surface area (Å²) >= 11 is 3.41. The fourth-order valence-electron chi connectivity index (χ4n) is 3.03. The van der Waals surface area contributed by atoms with E-state index in [2.05, 4.69) is 27.0 Å². The van der Waals surface area contributed by atoms with Crippen LogP contribution < -0.4 is 5.73 Å². The minimum Gasteiger partial charge on any atom is -0.444 e. The largest absolute Gasteiger partial charge is 0.444 e. The van der Waals surface area contributed by atoms with E-state index in [1.54, 1.807) is 6.20 Å². The highest BCUT2D eigenvalue weighted by molar-refractivity contribution is 9.10. The molecule has 0 unspecified atom stereocenters. The first-order valence-corrected chi connectivity index (χ1v) is 7.23. The number of carbonyl (C=O) groups excluding carboxylic acids is 1. The molecule has 0 radical (unpaired) electrons. The van der Waals surface area contributed by atoms with Gasteiger partial charge in [-0.05, 0) is 72.2 Å². The van der Waals surface area contributed by atoms with Crippen molar-refractivity contribution in [3.63, 3.8) is 0 Å². The highest BCUT2D eigenvalue weighted by Crippen LogP contribution is 2.49. The molecular formula is C14H19BrN2O2. The van der Waals surface area contributed by atoms with Crippen LogP contribution in [-0.2, 0) is 10.2 Å². The number of primary amides is 1. The predicted molar refractivity (Wildman–Crippen MR) is 76.8 cm³/mol. The van der Waals surface area contributed by atoms with Gasteiger partial charge in [0.25, 0.3) is 0 Å². The molecule has 5 heteroatoms. The molecule has 104 valence electrons. The molecule has 1 saturated carbocycles. The van der Waals surface area contributed by atoms with Gasteiger partial charge in [0.1, 0.15) is 10.2 Å². The van der Waals surface area contributed by atoms with Crippen LogP contribution in [0.15, 0.2) is 22.9 Å². The number of hydrogen-bond acceptors (Lipinski definition) is 3. The lowest BCUT2D eigenvalue weighted by Gasteiger charge is -2.46. The summed E-state index contributed by atoms with van der Waals surface area (Å²) in [6.45, 7) is 3.82. The second kappa shape index (κ2) is 5.12. The van der Waals surface area contributed by atoms with Gasteiger partial charge < -0.3 is 10.5 Å². The van der Waals surface area contributed by atoms with Gasteiger partial charge >= 0.3 is 6.09 Å². The average molecular weight is 327 g/mol. The monoisotopic (exact) mass is 326 g/mol. The van der Waals surface area contributed by atoms with E-state index in [1.807, 2.05) is 19.9 Å². The lowest BCUT2D eigenvalue weighted by atomic mass is 9.60. The Morgan fingerprint density at radius 2 is 2.26 bits per heavy atom. The van der Waals surface area contributed by atoms with E-state index < -0.39 is 11.7 Å². The molecular weight excluding hydrogens is 308 g/mol. The number of hydrogen-bond donors (Lipinski definition) is 1. The Hall–Kier alpha value is -1.10. The van der Waals surface area contributed by atoms with Crippen LogP contribution in [0.4, 0.5) is 4.79 Å². The number of amides is 1. The summed E-state index contributed by atoms with van der Waals surface area (Å²) in [5.41, 5.74) is 5.91. The zero-order valence-electron chi connectivity index (χ0n) is 11.3. The van der Waals surface area contributed by atoms with E-state index >= 15 is 0 Å². The molecule has 0 aromatic carbocycles. The van der Waals surface area contributed by atoms with Crippen LogP contribution >= 0.6 is 15.9 Å². The van der Waals surface area contributed by atoms with Crippen molar-refractivity contribution in [2.45, 2.75) is 50.5 Å². The second-order valence-electron chi connectivity index (χ2n) is 5.86. The van der Waals surface area contributed by atoms with Crippen molar-refractivity contribution in [2.75, 3.05) is 0 Å². The molecule has 0 spiro atoms. The van der Waals surface area contributed by atoms with Gasteiger partial charge in [0.05, 0.1) is 0 Å². The maximum absolute atomic E-state index is 11.0. The molecule has 0 atom stereocenters. The summed E-state index contributed by atoms with van der Waals surface area (Å²) in [5.74, 6) is 0. The van der Waals surface area contributed by atoms with Gasteiger partial charge in [-0.2, -0.15) is 0 Å². The predicted octanol–water partition coefficient (Wildman–Crippen LogP) is 3.53. The summed E-state index contributed by atoms with van der Waals surface area (Å²) in [7, 11) is 0. The molecule has 1 amide bonds. The van der Waals surface area contributed by atoms with Crippen LogP contribution in [-0.4, -0.2) is 16.7 Å². The standard InChI is InChI=1S/C14H19BrN2O2/c1-13(2,19-12(16)18)9-14(5-3-6-14)10-4-7-17-11(15)8-10/h4,7-8H,3,5-6,9H2,1-2H3,(H2,16,18). The Bertz CT molecular complexity index is 484. The van der Waals surface area contributed by atoms with Crippen LogP contribution in [0.2, 0.25) is 0 Å². The lowest BCUT2D eigenvalue weighted by molar-refractivity contribution is 0.00507. The number of halogens is 1. The molecule has 0 bridgehead atoms. The van der Waals surface area contributed by atoms with E-state index in [0.717, 1.165) is 23.9 Å². The Morgan fingerprint density at radius 3 is 2.74 bits per heavy atom. The van der Waals surface area contributed by atoms with Gasteiger partial charge in [0, 0.05) is 6.20 Å². The number of carbonyl (C=O) groups is 1. The maximum atomic E-state index is 11.0. The molecule has 1 heterocycles. The van der Waals surface area contributed by atoms with Crippen molar-refractivity contribution in [2.24, 2.45) is 5.73 Å². The Kier molecular flexibility index (Phi) is 3.85. The molecule has 1 aliphatic carbocycles. The van der Waals surface area contributed by atoms with E-state index in [1.165, 1.54) is 12.0 Å². The summed E-state index contributed by atoms with van der Waals surface area (Å²) in [6.07, 6.45) is 5.28. The number of aromatic nitrogens is 1. The van der Waals surface area contributed by atoms with Crippen LogP contribution in [0.1, 0.15) is 45.1 Å². The summed E-state index contributed by atoms with van der Waals surface area (Å²) in [4.78, 5) is 15.1. The molecule has 1 aromatic heterocycles. The molecule has 1 aliphatic rings. The van der Waals surface area contributed by atoms with Crippen molar-refractivity contribution >= 4 is 22.0 Å². The average Bonchev–Trinajstić information content (AvgIpc) is 2.21. The third kappa shape index (κ3) is 3.26. The van der Waals surface area contributed by atoms with Crippen LogP contribution in [0.5, 0.6) is 0 Å². The summed E-state index contributed by atoms with van der Waals surface area (Å²) in [6, 6.07) is 4.10. The molecule has 1 aromatic rings. The van der Waals surface area contributed by atoms with Crippen LogP contribution in [0.25, 0.3) is 0 Å².